The number of esters is 1. The van der Waals surface area contributed by atoms with E-state index in [1.807, 2.05) is 24.3 Å². The molecule has 1 saturated heterocycles. The van der Waals surface area contributed by atoms with Crippen LogP contribution < -0.4 is 10.5 Å². The van der Waals surface area contributed by atoms with Crippen LogP contribution >= 0.6 is 0 Å². The van der Waals surface area contributed by atoms with E-state index in [4.69, 9.17) is 19.9 Å². The van der Waals surface area contributed by atoms with Gasteiger partial charge in [-0.3, -0.25) is 4.90 Å². The Kier molecular flexibility index (Phi) is 7.55. The van der Waals surface area contributed by atoms with Crippen LogP contribution in [0.5, 0.6) is 5.75 Å². The van der Waals surface area contributed by atoms with E-state index in [0.29, 0.717) is 23.7 Å². The number of hydrogen-bond acceptors (Lipinski definition) is 8. The predicted octanol–water partition coefficient (Wildman–Crippen LogP) is 1.96. The fourth-order valence-electron chi connectivity index (χ4n) is 3.87. The summed E-state index contributed by atoms with van der Waals surface area (Å²) in [5.41, 5.74) is 7.12. The number of hydrogen-bond donors (Lipinski definition) is 1. The summed E-state index contributed by atoms with van der Waals surface area (Å²) in [6.07, 6.45) is 0. The smallest absolute Gasteiger partial charge is 0.338 e. The summed E-state index contributed by atoms with van der Waals surface area (Å²) >= 11 is 0. The molecule has 1 unspecified atom stereocenters. The van der Waals surface area contributed by atoms with Crippen LogP contribution in [0.3, 0.4) is 0 Å². The maximum absolute atomic E-state index is 12.7. The number of benzene rings is 1. The summed E-state index contributed by atoms with van der Waals surface area (Å²) in [4.78, 5) is 17.4. The van der Waals surface area contributed by atoms with Crippen LogP contribution in [0.4, 0.5) is 0 Å². The first-order valence-electron chi connectivity index (χ1n) is 10.5. The molecule has 1 fully saturated rings. The van der Waals surface area contributed by atoms with Crippen molar-refractivity contribution in [3.05, 3.63) is 52.6 Å². The molecule has 8 heteroatoms. The second-order valence-corrected chi connectivity index (χ2v) is 7.65. The van der Waals surface area contributed by atoms with E-state index in [0.717, 1.165) is 32.7 Å². The molecule has 1 aromatic rings. The van der Waals surface area contributed by atoms with Gasteiger partial charge in [0.15, 0.2) is 0 Å². The molecule has 0 saturated carbocycles. The topological polar surface area (TPSA) is 101 Å². The summed E-state index contributed by atoms with van der Waals surface area (Å²) < 4.78 is 16.9. The van der Waals surface area contributed by atoms with Gasteiger partial charge in [-0.05, 0) is 27.0 Å². The molecule has 0 aliphatic carbocycles. The average molecular weight is 427 g/mol. The van der Waals surface area contributed by atoms with Gasteiger partial charge in [0.2, 0.25) is 5.88 Å². The number of nitrogens with zero attached hydrogens (tertiary/aromatic N) is 3. The van der Waals surface area contributed by atoms with Crippen molar-refractivity contribution in [1.29, 1.82) is 5.26 Å². The molecule has 0 aromatic heterocycles. The maximum Gasteiger partial charge on any atom is 0.338 e. The van der Waals surface area contributed by atoms with E-state index < -0.39 is 11.9 Å². The van der Waals surface area contributed by atoms with Crippen LogP contribution in [0.2, 0.25) is 0 Å². The molecule has 1 aromatic carbocycles. The third-order valence-electron chi connectivity index (χ3n) is 5.59. The molecule has 0 amide bonds. The Morgan fingerprint density at radius 1 is 1.29 bits per heavy atom. The van der Waals surface area contributed by atoms with E-state index in [2.05, 4.69) is 22.9 Å². The van der Waals surface area contributed by atoms with E-state index in [1.165, 1.54) is 0 Å². The molecule has 2 aliphatic heterocycles. The third-order valence-corrected chi connectivity index (χ3v) is 5.59. The lowest BCUT2D eigenvalue weighted by Gasteiger charge is -2.32. The number of para-hydroxylation sites is 1. The van der Waals surface area contributed by atoms with Gasteiger partial charge in [0.1, 0.15) is 29.8 Å². The lowest BCUT2D eigenvalue weighted by molar-refractivity contribution is -0.139. The van der Waals surface area contributed by atoms with Crippen LogP contribution in [0.15, 0.2) is 47.1 Å². The van der Waals surface area contributed by atoms with Gasteiger partial charge >= 0.3 is 5.97 Å². The average Bonchev–Trinajstić information content (AvgIpc) is 2.75. The normalized spacial score (nSPS) is 20.3. The minimum atomic E-state index is -0.711. The molecule has 31 heavy (non-hydrogen) atoms. The fraction of sp³-hybridized carbons (Fsp3) is 0.478. The molecule has 2 N–H and O–H groups in total. The first kappa shape index (κ1) is 22.7. The SMILES string of the molecule is CCOC(=O)C1=C(C)OC(N)=C(C#N)C1c1ccccc1OCCN1CCN(C)CC1. The quantitative estimate of drug-likeness (QED) is 0.661. The Morgan fingerprint density at radius 2 is 2.00 bits per heavy atom. The molecule has 1 atom stereocenters. The molecular weight excluding hydrogens is 396 g/mol. The van der Waals surface area contributed by atoms with Gasteiger partial charge in [-0.2, -0.15) is 5.26 Å². The molecule has 166 valence electrons. The zero-order chi connectivity index (χ0) is 22.4. The number of carbonyl (C=O) groups is 1. The maximum atomic E-state index is 12.7. The molecule has 0 bridgehead atoms. The van der Waals surface area contributed by atoms with E-state index in [1.54, 1.807) is 13.8 Å². The number of nitriles is 1. The number of likely N-dealkylation sites (N-methyl/N-ethyl adjacent to an activating group) is 1. The van der Waals surface area contributed by atoms with Crippen molar-refractivity contribution in [2.24, 2.45) is 5.73 Å². The Morgan fingerprint density at radius 3 is 2.68 bits per heavy atom. The van der Waals surface area contributed by atoms with E-state index in [-0.39, 0.29) is 23.6 Å². The minimum Gasteiger partial charge on any atom is -0.492 e. The number of ether oxygens (including phenoxy) is 3. The first-order valence-corrected chi connectivity index (χ1v) is 10.5. The summed E-state index contributed by atoms with van der Waals surface area (Å²) in [6, 6.07) is 9.52. The molecule has 0 radical (unpaired) electrons. The summed E-state index contributed by atoms with van der Waals surface area (Å²) in [6.45, 7) is 9.01. The van der Waals surface area contributed by atoms with Gasteiger partial charge in [-0.1, -0.05) is 18.2 Å². The van der Waals surface area contributed by atoms with Crippen molar-refractivity contribution < 1.29 is 19.0 Å². The Bertz CT molecular complexity index is 910. The minimum absolute atomic E-state index is 0.00899. The molecular formula is C23H30N4O4. The van der Waals surface area contributed by atoms with Crippen molar-refractivity contribution in [2.45, 2.75) is 19.8 Å². The van der Waals surface area contributed by atoms with Crippen LogP contribution in [-0.4, -0.2) is 68.8 Å². The molecule has 0 spiro atoms. The summed E-state index contributed by atoms with van der Waals surface area (Å²) in [5.74, 6) is -0.314. The lowest BCUT2D eigenvalue weighted by atomic mass is 9.82. The lowest BCUT2D eigenvalue weighted by Crippen LogP contribution is -2.45. The monoisotopic (exact) mass is 426 g/mol. The summed E-state index contributed by atoms with van der Waals surface area (Å²) in [7, 11) is 2.13. The second-order valence-electron chi connectivity index (χ2n) is 7.65. The van der Waals surface area contributed by atoms with Crippen molar-refractivity contribution >= 4 is 5.97 Å². The highest BCUT2D eigenvalue weighted by atomic mass is 16.5. The van der Waals surface area contributed by atoms with Gasteiger partial charge < -0.3 is 24.8 Å². The van der Waals surface area contributed by atoms with E-state index >= 15 is 0 Å². The van der Waals surface area contributed by atoms with Gasteiger partial charge in [-0.25, -0.2) is 4.79 Å². The van der Waals surface area contributed by atoms with Crippen molar-refractivity contribution in [3.63, 3.8) is 0 Å². The number of carbonyl (C=O) groups excluding carboxylic acids is 1. The Labute approximate surface area is 183 Å². The number of nitrogens with two attached hydrogens (primary N) is 1. The first-order chi connectivity index (χ1) is 15.0. The third kappa shape index (κ3) is 5.19. The van der Waals surface area contributed by atoms with Crippen LogP contribution in [0.25, 0.3) is 0 Å². The molecule has 2 aliphatic rings. The predicted molar refractivity (Wildman–Crippen MR) is 116 cm³/mol. The highest BCUT2D eigenvalue weighted by molar-refractivity contribution is 5.92. The highest BCUT2D eigenvalue weighted by Crippen LogP contribution is 2.42. The van der Waals surface area contributed by atoms with Gasteiger partial charge in [0, 0.05) is 38.3 Å². The highest BCUT2D eigenvalue weighted by Gasteiger charge is 2.37. The Hall–Kier alpha value is -3.02. The Balaban J connectivity index is 1.86. The largest absolute Gasteiger partial charge is 0.492 e. The van der Waals surface area contributed by atoms with Gasteiger partial charge in [0.05, 0.1) is 18.1 Å². The molecule has 8 nitrogen and oxygen atoms in total. The van der Waals surface area contributed by atoms with E-state index in [9.17, 15) is 10.1 Å². The van der Waals surface area contributed by atoms with Gasteiger partial charge in [-0.15, -0.1) is 0 Å². The second kappa shape index (κ2) is 10.3. The number of allylic oxidation sites excluding steroid dienone is 2. The molecule has 3 rings (SSSR count). The summed E-state index contributed by atoms with van der Waals surface area (Å²) in [5, 5.41) is 9.77. The van der Waals surface area contributed by atoms with Crippen molar-refractivity contribution in [1.82, 2.24) is 9.80 Å². The van der Waals surface area contributed by atoms with Crippen molar-refractivity contribution in [3.8, 4) is 11.8 Å². The standard InChI is InChI=1S/C23H30N4O4/c1-4-29-23(28)20-16(2)31-22(25)18(15-24)21(20)17-7-5-6-8-19(17)30-14-13-27-11-9-26(3)10-12-27/h5-8,21H,4,9-14,25H2,1-3H3. The zero-order valence-corrected chi connectivity index (χ0v) is 18.4. The van der Waals surface area contributed by atoms with Crippen LogP contribution in [-0.2, 0) is 14.3 Å². The fourth-order valence-corrected chi connectivity index (χ4v) is 3.87. The van der Waals surface area contributed by atoms with Crippen LogP contribution in [0, 0.1) is 11.3 Å². The number of piperazine rings is 1. The van der Waals surface area contributed by atoms with Gasteiger partial charge in [0.25, 0.3) is 0 Å². The van der Waals surface area contributed by atoms with Crippen molar-refractivity contribution in [2.75, 3.05) is 53.0 Å². The molecule has 2 heterocycles. The zero-order valence-electron chi connectivity index (χ0n) is 18.4. The number of rotatable bonds is 7. The van der Waals surface area contributed by atoms with Crippen LogP contribution in [0.1, 0.15) is 25.3 Å².